The van der Waals surface area contributed by atoms with Gasteiger partial charge in [-0.2, -0.15) is 0 Å². The van der Waals surface area contributed by atoms with E-state index in [9.17, 15) is 0 Å². The lowest BCUT2D eigenvalue weighted by Gasteiger charge is -2.23. The van der Waals surface area contributed by atoms with Crippen LogP contribution in [0.3, 0.4) is 0 Å². The zero-order valence-electron chi connectivity index (χ0n) is 56.2. The number of benzene rings is 14. The van der Waals surface area contributed by atoms with E-state index in [4.69, 9.17) is 9.97 Å². The van der Waals surface area contributed by atoms with Gasteiger partial charge in [0, 0.05) is 110 Å². The SMILES string of the molecule is CC1(C)c2cc(-c3nc(-n4c5ccccc5c5cc(-c6ccc7sc8c(c7c6)CCC=C8)ccc54)nc4ccc(-n5c6ccccc6c6cc(-c7ccc8sc9ccccc9c8c7)ccc65)cc34)ccc2-c2ccc(-n3c4ccccc4c4cc(-c5ccc6sc7ccccc7c6c5)ccc43)cc21. The van der Waals surface area contributed by atoms with Crippen LogP contribution in [-0.4, -0.2) is 23.7 Å². The van der Waals surface area contributed by atoms with Gasteiger partial charge in [-0.25, -0.2) is 9.97 Å². The van der Waals surface area contributed by atoms with Crippen molar-refractivity contribution in [1.82, 2.24) is 23.7 Å². The minimum atomic E-state index is -0.371. The van der Waals surface area contributed by atoms with Crippen molar-refractivity contribution in [2.45, 2.75) is 32.1 Å². The van der Waals surface area contributed by atoms with Gasteiger partial charge < -0.3 is 9.13 Å². The lowest BCUT2D eigenvalue weighted by Crippen LogP contribution is -2.15. The predicted octanol–water partition coefficient (Wildman–Crippen LogP) is 26.8. The molecule has 23 rings (SSSR count). The van der Waals surface area contributed by atoms with Gasteiger partial charge in [-0.15, -0.1) is 34.0 Å². The summed E-state index contributed by atoms with van der Waals surface area (Å²) in [4.78, 5) is 13.0. The Kier molecular flexibility index (Phi) is 12.0. The van der Waals surface area contributed by atoms with Crippen molar-refractivity contribution in [3.8, 4) is 73.1 Å². The fraction of sp³-hybridized carbons (Fsp3) is 0.0526. The fourth-order valence-electron chi connectivity index (χ4n) is 17.8. The van der Waals surface area contributed by atoms with Crippen LogP contribution in [-0.2, 0) is 11.8 Å². The average Bonchev–Trinajstić information content (AvgIpc) is 1.59. The van der Waals surface area contributed by atoms with Crippen molar-refractivity contribution < 1.29 is 0 Å². The molecule has 0 fully saturated rings. The van der Waals surface area contributed by atoms with Gasteiger partial charge in [-0.1, -0.05) is 166 Å². The van der Waals surface area contributed by atoms with Gasteiger partial charge in [0.15, 0.2) is 0 Å². The zero-order valence-corrected chi connectivity index (χ0v) is 58.6. The Hall–Kier alpha value is -12.0. The van der Waals surface area contributed by atoms with Crippen molar-refractivity contribution in [2.75, 3.05) is 0 Å². The molecule has 0 aliphatic heterocycles. The number of hydrogen-bond donors (Lipinski definition) is 0. The first-order valence-corrected chi connectivity index (χ1v) is 38.0. The van der Waals surface area contributed by atoms with Crippen molar-refractivity contribution in [1.29, 1.82) is 0 Å². The Labute approximate surface area is 604 Å². The van der Waals surface area contributed by atoms with E-state index in [1.54, 1.807) is 0 Å². The van der Waals surface area contributed by atoms with Gasteiger partial charge in [-0.3, -0.25) is 4.57 Å². The normalized spacial score (nSPS) is 13.5. The minimum absolute atomic E-state index is 0.371. The number of allylic oxidation sites excluding steroid dienone is 1. The summed E-state index contributed by atoms with van der Waals surface area (Å²) in [6.45, 7) is 4.81. The van der Waals surface area contributed by atoms with Crippen LogP contribution >= 0.6 is 34.0 Å². The number of thiophene rings is 3. The van der Waals surface area contributed by atoms with E-state index >= 15 is 0 Å². The Bertz CT molecular complexity index is 7360. The number of hydrogen-bond acceptors (Lipinski definition) is 5. The highest BCUT2D eigenvalue weighted by atomic mass is 32.1. The van der Waals surface area contributed by atoms with Gasteiger partial charge >= 0.3 is 0 Å². The van der Waals surface area contributed by atoms with Crippen molar-refractivity contribution >= 4 is 167 Å². The molecule has 0 amide bonds. The standard InChI is InChI=1S/C95H59N5S3/c1-95(2)78-51-60(27-36-63(78)64-37-34-62(53-79(64)95)99-82-22-10-4-16-66(82)72-46-55(29-40-85(72)99)58-32-43-91-75(49-58)69-19-7-13-25-88(69)102-91)93-77-52-61(98-81-21-9-3-15-65(81)71-45-54(28-39-84(71)98)57-31-42-90-74(48-57)68-18-6-12-24-87(68)101-90)35-38-80(77)96-94(97-93)100-83-23-11-5-17-67(83)73-47-56(30-41-86(73)100)59-33-44-92-76(50-59)70-20-8-14-26-89(70)103-92/h3-7,9-19,21-53H,8,20H2,1-2H3. The summed E-state index contributed by atoms with van der Waals surface area (Å²) in [7, 11) is 0. The molecule has 21 aromatic rings. The highest BCUT2D eigenvalue weighted by Gasteiger charge is 2.37. The third kappa shape index (κ3) is 8.45. The van der Waals surface area contributed by atoms with Crippen LogP contribution in [0.1, 0.15) is 41.8 Å². The summed E-state index contributed by atoms with van der Waals surface area (Å²) >= 11 is 5.64. The molecule has 2 aliphatic carbocycles. The van der Waals surface area contributed by atoms with Gasteiger partial charge in [0.25, 0.3) is 0 Å². The van der Waals surface area contributed by atoms with E-state index in [1.807, 2.05) is 34.0 Å². The summed E-state index contributed by atoms with van der Waals surface area (Å²) in [6.07, 6.45) is 6.80. The number of para-hydroxylation sites is 3. The summed E-state index contributed by atoms with van der Waals surface area (Å²) < 4.78 is 13.8. The molecule has 0 unspecified atom stereocenters. The summed E-state index contributed by atoms with van der Waals surface area (Å²) in [5, 5.41) is 14.8. The topological polar surface area (TPSA) is 40.6 Å². The Balaban J connectivity index is 0.678. The molecule has 103 heavy (non-hydrogen) atoms. The molecule has 482 valence electrons. The second-order valence-corrected chi connectivity index (χ2v) is 31.9. The number of aryl methyl sites for hydroxylation is 1. The van der Waals surface area contributed by atoms with Crippen molar-refractivity contribution in [3.63, 3.8) is 0 Å². The van der Waals surface area contributed by atoms with Crippen LogP contribution in [0.5, 0.6) is 0 Å². The minimum Gasteiger partial charge on any atom is -0.309 e. The third-order valence-electron chi connectivity index (χ3n) is 22.7. The number of fused-ring (bicyclic) bond motifs is 22. The molecule has 0 saturated heterocycles. The molecular formula is C95H59N5S3. The smallest absolute Gasteiger partial charge is 0.235 e. The van der Waals surface area contributed by atoms with Crippen LogP contribution in [0.25, 0.3) is 206 Å². The number of rotatable bonds is 7. The number of aromatic nitrogens is 5. The van der Waals surface area contributed by atoms with Crippen molar-refractivity contribution in [2.24, 2.45) is 0 Å². The second-order valence-electron chi connectivity index (χ2n) is 28.7. The zero-order chi connectivity index (χ0) is 67.5. The van der Waals surface area contributed by atoms with Gasteiger partial charge in [-0.05, 0) is 225 Å². The maximum atomic E-state index is 5.90. The molecule has 7 heterocycles. The molecule has 8 heteroatoms. The van der Waals surface area contributed by atoms with Gasteiger partial charge in [0.2, 0.25) is 5.95 Å². The van der Waals surface area contributed by atoms with E-state index in [0.29, 0.717) is 5.95 Å². The Morgan fingerprint density at radius 2 is 0.728 bits per heavy atom. The van der Waals surface area contributed by atoms with E-state index in [0.717, 1.165) is 73.8 Å². The molecule has 0 bridgehead atoms. The van der Waals surface area contributed by atoms with E-state index < -0.39 is 0 Å². The molecule has 0 N–H and O–H groups in total. The summed E-state index contributed by atoms with van der Waals surface area (Å²) in [5.41, 5.74) is 25.3. The highest BCUT2D eigenvalue weighted by molar-refractivity contribution is 7.26. The monoisotopic (exact) mass is 1370 g/mol. The first-order valence-electron chi connectivity index (χ1n) is 35.5. The Morgan fingerprint density at radius 3 is 1.30 bits per heavy atom. The summed E-state index contributed by atoms with van der Waals surface area (Å²) in [6, 6.07) is 107. The first kappa shape index (κ1) is 57.7. The lowest BCUT2D eigenvalue weighted by atomic mass is 9.81. The Morgan fingerprint density at radius 1 is 0.311 bits per heavy atom. The van der Waals surface area contributed by atoms with Crippen LogP contribution in [0.4, 0.5) is 0 Å². The van der Waals surface area contributed by atoms with E-state index in [2.05, 4.69) is 325 Å². The van der Waals surface area contributed by atoms with Crippen LogP contribution < -0.4 is 0 Å². The van der Waals surface area contributed by atoms with E-state index in [1.165, 1.54) is 154 Å². The molecule has 0 spiro atoms. The molecule has 0 radical (unpaired) electrons. The van der Waals surface area contributed by atoms with E-state index in [-0.39, 0.29) is 5.41 Å². The van der Waals surface area contributed by atoms with Gasteiger partial charge in [0.1, 0.15) is 0 Å². The molecular weight excluding hydrogens is 1310 g/mol. The van der Waals surface area contributed by atoms with Crippen LogP contribution in [0, 0.1) is 0 Å². The molecule has 5 nitrogen and oxygen atoms in total. The quantitative estimate of drug-likeness (QED) is 0.160. The average molecular weight is 1370 g/mol. The molecule has 0 saturated carbocycles. The summed E-state index contributed by atoms with van der Waals surface area (Å²) in [5.74, 6) is 0.634. The first-order chi connectivity index (χ1) is 50.8. The molecule has 0 atom stereocenters. The van der Waals surface area contributed by atoms with Gasteiger partial charge in [0.05, 0.1) is 44.3 Å². The maximum Gasteiger partial charge on any atom is 0.235 e. The predicted molar refractivity (Wildman–Crippen MR) is 440 cm³/mol. The van der Waals surface area contributed by atoms with Crippen LogP contribution in [0.2, 0.25) is 0 Å². The second kappa shape index (κ2) is 21.5. The largest absolute Gasteiger partial charge is 0.309 e. The lowest BCUT2D eigenvalue weighted by molar-refractivity contribution is 0.660. The molecule has 7 aromatic heterocycles. The third-order valence-corrected chi connectivity index (χ3v) is 26.2. The fourth-order valence-corrected chi connectivity index (χ4v) is 21.1. The molecule has 2 aliphatic rings. The van der Waals surface area contributed by atoms with Crippen LogP contribution in [0.15, 0.2) is 291 Å². The van der Waals surface area contributed by atoms with Crippen molar-refractivity contribution in [3.05, 3.63) is 313 Å². The molecule has 14 aromatic carbocycles. The number of nitrogens with zero attached hydrogens (tertiary/aromatic N) is 5. The highest BCUT2D eigenvalue weighted by Crippen LogP contribution is 2.52. The maximum absolute atomic E-state index is 5.90.